The molecular formula is C11H13ClFNO. The fourth-order valence-electron chi connectivity index (χ4n) is 1.97. The quantitative estimate of drug-likeness (QED) is 0.816. The van der Waals surface area contributed by atoms with Crippen LogP contribution >= 0.6 is 11.6 Å². The lowest BCUT2D eigenvalue weighted by Crippen LogP contribution is -2.10. The summed E-state index contributed by atoms with van der Waals surface area (Å²) < 4.78 is 13.0. The summed E-state index contributed by atoms with van der Waals surface area (Å²) in [6, 6.07) is 3.05. The molecule has 82 valence electrons. The van der Waals surface area contributed by atoms with Gasteiger partial charge in [-0.2, -0.15) is 0 Å². The standard InChI is InChI=1S/C11H13ClFNO/c12-9-4-8(5-10(15)11(9)13)3-7-1-2-14-6-7/h4-5,7,14-15H,1-3,6H2. The second-order valence-corrected chi connectivity index (χ2v) is 4.38. The van der Waals surface area contributed by atoms with E-state index in [0.29, 0.717) is 5.92 Å². The van der Waals surface area contributed by atoms with Crippen LogP contribution in [0.25, 0.3) is 0 Å². The summed E-state index contributed by atoms with van der Waals surface area (Å²) in [4.78, 5) is 0. The molecule has 0 bridgehead atoms. The highest BCUT2D eigenvalue weighted by molar-refractivity contribution is 6.30. The SMILES string of the molecule is Oc1cc(CC2CCNC2)cc(Cl)c1F. The van der Waals surface area contributed by atoms with Crippen LogP contribution in [0.5, 0.6) is 5.75 Å². The summed E-state index contributed by atoms with van der Waals surface area (Å²) in [7, 11) is 0. The van der Waals surface area contributed by atoms with E-state index in [2.05, 4.69) is 5.32 Å². The Morgan fingerprint density at radius 3 is 2.93 bits per heavy atom. The molecule has 1 aliphatic rings. The maximum Gasteiger partial charge on any atom is 0.183 e. The van der Waals surface area contributed by atoms with Crippen LogP contribution in [-0.4, -0.2) is 18.2 Å². The normalized spacial score (nSPS) is 20.8. The monoisotopic (exact) mass is 229 g/mol. The molecule has 1 fully saturated rings. The van der Waals surface area contributed by atoms with Gasteiger partial charge in [0, 0.05) is 0 Å². The molecule has 1 unspecified atom stereocenters. The second kappa shape index (κ2) is 4.37. The van der Waals surface area contributed by atoms with Crippen molar-refractivity contribution < 1.29 is 9.50 Å². The minimum absolute atomic E-state index is 0.00374. The number of rotatable bonds is 2. The Bertz CT molecular complexity index is 341. The molecule has 1 heterocycles. The van der Waals surface area contributed by atoms with E-state index >= 15 is 0 Å². The molecule has 1 aromatic rings. The Morgan fingerprint density at radius 1 is 1.53 bits per heavy atom. The predicted molar refractivity (Wildman–Crippen MR) is 57.8 cm³/mol. The van der Waals surface area contributed by atoms with Gasteiger partial charge in [0.2, 0.25) is 0 Å². The summed E-state index contributed by atoms with van der Waals surface area (Å²) in [6.07, 6.45) is 1.95. The molecular weight excluding hydrogens is 217 g/mol. The van der Waals surface area contributed by atoms with Gasteiger partial charge in [0.1, 0.15) is 0 Å². The Hall–Kier alpha value is -0.800. The van der Waals surface area contributed by atoms with Crippen LogP contribution in [0.4, 0.5) is 4.39 Å². The van der Waals surface area contributed by atoms with Crippen molar-refractivity contribution in [1.82, 2.24) is 5.32 Å². The minimum Gasteiger partial charge on any atom is -0.505 e. The first-order valence-electron chi connectivity index (χ1n) is 5.04. The van der Waals surface area contributed by atoms with Crippen molar-refractivity contribution in [2.75, 3.05) is 13.1 Å². The van der Waals surface area contributed by atoms with Gasteiger partial charge < -0.3 is 10.4 Å². The molecule has 1 saturated heterocycles. The van der Waals surface area contributed by atoms with Crippen molar-refractivity contribution in [3.8, 4) is 5.75 Å². The zero-order chi connectivity index (χ0) is 10.8. The molecule has 0 saturated carbocycles. The molecule has 1 aliphatic heterocycles. The molecule has 0 amide bonds. The Kier molecular flexibility index (Phi) is 3.12. The number of benzene rings is 1. The number of phenols is 1. The Morgan fingerprint density at radius 2 is 2.33 bits per heavy atom. The van der Waals surface area contributed by atoms with Crippen LogP contribution in [-0.2, 0) is 6.42 Å². The van der Waals surface area contributed by atoms with Gasteiger partial charge in [0.05, 0.1) is 5.02 Å². The van der Waals surface area contributed by atoms with Crippen LogP contribution in [0.2, 0.25) is 5.02 Å². The van der Waals surface area contributed by atoms with Crippen LogP contribution in [0.3, 0.4) is 0 Å². The molecule has 0 radical (unpaired) electrons. The van der Waals surface area contributed by atoms with Gasteiger partial charge >= 0.3 is 0 Å². The maximum absolute atomic E-state index is 13.0. The molecule has 2 N–H and O–H groups in total. The molecule has 0 aromatic heterocycles. The van der Waals surface area contributed by atoms with Crippen LogP contribution < -0.4 is 5.32 Å². The molecule has 1 atom stereocenters. The molecule has 2 rings (SSSR count). The van der Waals surface area contributed by atoms with Gasteiger partial charge in [-0.05, 0) is 49.5 Å². The van der Waals surface area contributed by atoms with Gasteiger partial charge in [-0.25, -0.2) is 4.39 Å². The molecule has 15 heavy (non-hydrogen) atoms. The molecule has 4 heteroatoms. The van der Waals surface area contributed by atoms with Crippen molar-refractivity contribution in [3.63, 3.8) is 0 Å². The van der Waals surface area contributed by atoms with Gasteiger partial charge in [-0.3, -0.25) is 0 Å². The zero-order valence-electron chi connectivity index (χ0n) is 8.26. The Balaban J connectivity index is 2.14. The van der Waals surface area contributed by atoms with E-state index in [-0.39, 0.29) is 10.8 Å². The lowest BCUT2D eigenvalue weighted by molar-refractivity contribution is 0.431. The van der Waals surface area contributed by atoms with Crippen LogP contribution in [0, 0.1) is 11.7 Å². The van der Waals surface area contributed by atoms with Crippen molar-refractivity contribution in [3.05, 3.63) is 28.5 Å². The van der Waals surface area contributed by atoms with E-state index in [0.717, 1.165) is 31.5 Å². The average molecular weight is 230 g/mol. The predicted octanol–water partition coefficient (Wildman–Crippen LogP) is 2.34. The number of halogens is 2. The third-order valence-corrected chi connectivity index (χ3v) is 3.03. The van der Waals surface area contributed by atoms with Crippen molar-refractivity contribution in [2.24, 2.45) is 5.92 Å². The lowest BCUT2D eigenvalue weighted by Gasteiger charge is -2.09. The number of hydrogen-bond donors (Lipinski definition) is 2. The highest BCUT2D eigenvalue weighted by atomic mass is 35.5. The first-order chi connectivity index (χ1) is 7.16. The smallest absolute Gasteiger partial charge is 0.183 e. The van der Waals surface area contributed by atoms with Gasteiger partial charge in [-0.15, -0.1) is 0 Å². The van der Waals surface area contributed by atoms with E-state index in [1.54, 1.807) is 6.07 Å². The molecule has 0 spiro atoms. The van der Waals surface area contributed by atoms with E-state index < -0.39 is 5.82 Å². The fourth-order valence-corrected chi connectivity index (χ4v) is 2.21. The average Bonchev–Trinajstić information content (AvgIpc) is 2.66. The Labute approximate surface area is 93.1 Å². The summed E-state index contributed by atoms with van der Waals surface area (Å²) in [5.74, 6) is -0.528. The molecule has 0 aliphatic carbocycles. The highest BCUT2D eigenvalue weighted by Gasteiger charge is 2.16. The van der Waals surface area contributed by atoms with Crippen molar-refractivity contribution in [1.29, 1.82) is 0 Å². The van der Waals surface area contributed by atoms with Gasteiger partial charge in [0.15, 0.2) is 11.6 Å². The first-order valence-corrected chi connectivity index (χ1v) is 5.42. The number of nitrogens with one attached hydrogen (secondary N) is 1. The summed E-state index contributed by atoms with van der Waals surface area (Å²) in [6.45, 7) is 2.02. The lowest BCUT2D eigenvalue weighted by atomic mass is 9.98. The molecule has 1 aromatic carbocycles. The van der Waals surface area contributed by atoms with E-state index in [1.165, 1.54) is 6.07 Å². The zero-order valence-corrected chi connectivity index (χ0v) is 9.02. The van der Waals surface area contributed by atoms with Gasteiger partial charge in [0.25, 0.3) is 0 Å². The van der Waals surface area contributed by atoms with Crippen molar-refractivity contribution in [2.45, 2.75) is 12.8 Å². The van der Waals surface area contributed by atoms with E-state index in [4.69, 9.17) is 11.6 Å². The van der Waals surface area contributed by atoms with Crippen LogP contribution in [0.15, 0.2) is 12.1 Å². The fraction of sp³-hybridized carbons (Fsp3) is 0.455. The third-order valence-electron chi connectivity index (χ3n) is 2.76. The van der Waals surface area contributed by atoms with Crippen LogP contribution in [0.1, 0.15) is 12.0 Å². The number of phenolic OH excluding ortho intramolecular Hbond substituents is 1. The number of aromatic hydroxyl groups is 1. The number of hydrogen-bond acceptors (Lipinski definition) is 2. The highest BCUT2D eigenvalue weighted by Crippen LogP contribution is 2.27. The third kappa shape index (κ3) is 2.41. The largest absolute Gasteiger partial charge is 0.505 e. The van der Waals surface area contributed by atoms with Crippen molar-refractivity contribution >= 4 is 11.6 Å². The second-order valence-electron chi connectivity index (χ2n) is 3.97. The maximum atomic E-state index is 13.0. The molecule has 2 nitrogen and oxygen atoms in total. The van der Waals surface area contributed by atoms with Gasteiger partial charge in [-0.1, -0.05) is 11.6 Å². The topological polar surface area (TPSA) is 32.3 Å². The first kappa shape index (κ1) is 10.7. The summed E-state index contributed by atoms with van der Waals surface area (Å²) in [5.41, 5.74) is 0.896. The van der Waals surface area contributed by atoms with E-state index in [1.807, 2.05) is 0 Å². The summed E-state index contributed by atoms with van der Waals surface area (Å²) >= 11 is 5.65. The summed E-state index contributed by atoms with van der Waals surface area (Å²) in [5, 5.41) is 12.5. The van der Waals surface area contributed by atoms with E-state index in [9.17, 15) is 9.50 Å². The minimum atomic E-state index is -0.732.